The molecule has 1 rings (SSSR count). The third-order valence-corrected chi connectivity index (χ3v) is 2.35. The molecular formula is C9H15N. The zero-order valence-electron chi connectivity index (χ0n) is 6.40. The maximum absolute atomic E-state index is 3.83. The predicted molar refractivity (Wildman–Crippen MR) is 44.9 cm³/mol. The Morgan fingerprint density at radius 1 is 1.10 bits per heavy atom. The maximum atomic E-state index is 3.83. The summed E-state index contributed by atoms with van der Waals surface area (Å²) in [6.45, 7) is 9.85. The van der Waals surface area contributed by atoms with Crippen molar-refractivity contribution in [2.24, 2.45) is 5.41 Å². The number of piperidine rings is 1. The molecule has 0 atom stereocenters. The number of hydrogen-bond acceptors (Lipinski definition) is 1. The highest BCUT2D eigenvalue weighted by Crippen LogP contribution is 2.30. The highest BCUT2D eigenvalue weighted by atomic mass is 14.9. The molecule has 0 aromatic carbocycles. The Hall–Kier alpha value is -0.560. The zero-order valence-corrected chi connectivity index (χ0v) is 6.40. The van der Waals surface area contributed by atoms with Crippen LogP contribution in [0.4, 0.5) is 0 Å². The molecule has 0 radical (unpaired) electrons. The van der Waals surface area contributed by atoms with Crippen LogP contribution in [-0.2, 0) is 0 Å². The minimum absolute atomic E-state index is 0.227. The normalized spacial score (nSPS) is 23.6. The number of rotatable bonds is 2. The largest absolute Gasteiger partial charge is 0.317 e. The summed E-state index contributed by atoms with van der Waals surface area (Å²) in [4.78, 5) is 0. The van der Waals surface area contributed by atoms with Crippen molar-refractivity contribution in [3.05, 3.63) is 25.3 Å². The quantitative estimate of drug-likeness (QED) is 0.571. The fraction of sp³-hybridized carbons (Fsp3) is 0.556. The summed E-state index contributed by atoms with van der Waals surface area (Å²) in [6.07, 6.45) is 6.36. The molecule has 0 saturated carbocycles. The van der Waals surface area contributed by atoms with Crippen molar-refractivity contribution < 1.29 is 0 Å². The third kappa shape index (κ3) is 1.29. The summed E-state index contributed by atoms with van der Waals surface area (Å²) in [6, 6.07) is 0. The summed E-state index contributed by atoms with van der Waals surface area (Å²) in [5, 5.41) is 3.31. The lowest BCUT2D eigenvalue weighted by Crippen LogP contribution is -2.33. The molecule has 1 saturated heterocycles. The minimum atomic E-state index is 0.227. The van der Waals surface area contributed by atoms with Crippen molar-refractivity contribution in [1.82, 2.24) is 5.32 Å². The lowest BCUT2D eigenvalue weighted by atomic mass is 9.79. The van der Waals surface area contributed by atoms with Gasteiger partial charge in [-0.25, -0.2) is 0 Å². The molecule has 1 aliphatic rings. The van der Waals surface area contributed by atoms with Gasteiger partial charge in [0.2, 0.25) is 0 Å². The van der Waals surface area contributed by atoms with Gasteiger partial charge in [-0.15, -0.1) is 13.2 Å². The molecular weight excluding hydrogens is 122 g/mol. The highest BCUT2D eigenvalue weighted by molar-refractivity contribution is 5.08. The summed E-state index contributed by atoms with van der Waals surface area (Å²) < 4.78 is 0. The van der Waals surface area contributed by atoms with Crippen molar-refractivity contribution in [3.63, 3.8) is 0 Å². The van der Waals surface area contributed by atoms with E-state index >= 15 is 0 Å². The van der Waals surface area contributed by atoms with Crippen LogP contribution in [0.3, 0.4) is 0 Å². The Morgan fingerprint density at radius 3 is 1.90 bits per heavy atom. The molecule has 1 heterocycles. The highest BCUT2D eigenvalue weighted by Gasteiger charge is 2.24. The van der Waals surface area contributed by atoms with Crippen LogP contribution in [0.2, 0.25) is 0 Å². The summed E-state index contributed by atoms with van der Waals surface area (Å²) in [5.41, 5.74) is 0.227. The SMILES string of the molecule is C=CC1(C=C)CCNCC1. The van der Waals surface area contributed by atoms with Crippen LogP contribution in [0.15, 0.2) is 25.3 Å². The van der Waals surface area contributed by atoms with Gasteiger partial charge in [0.1, 0.15) is 0 Å². The van der Waals surface area contributed by atoms with Crippen LogP contribution in [0.1, 0.15) is 12.8 Å². The van der Waals surface area contributed by atoms with E-state index in [1.165, 1.54) is 0 Å². The van der Waals surface area contributed by atoms with Gasteiger partial charge >= 0.3 is 0 Å². The van der Waals surface area contributed by atoms with E-state index in [1.807, 2.05) is 12.2 Å². The Kier molecular flexibility index (Phi) is 2.28. The molecule has 0 aromatic rings. The average molecular weight is 137 g/mol. The van der Waals surface area contributed by atoms with Gasteiger partial charge in [0, 0.05) is 5.41 Å². The van der Waals surface area contributed by atoms with E-state index in [4.69, 9.17) is 0 Å². The second-order valence-electron chi connectivity index (χ2n) is 2.89. The monoisotopic (exact) mass is 137 g/mol. The van der Waals surface area contributed by atoms with Crippen LogP contribution < -0.4 is 5.32 Å². The van der Waals surface area contributed by atoms with E-state index in [2.05, 4.69) is 18.5 Å². The summed E-state index contributed by atoms with van der Waals surface area (Å²) in [7, 11) is 0. The molecule has 1 fully saturated rings. The standard InChI is InChI=1S/C9H15N/c1-3-9(4-2)5-7-10-8-6-9/h3-4,10H,1-2,5-8H2. The fourth-order valence-electron chi connectivity index (χ4n) is 1.38. The molecule has 0 aromatic heterocycles. The van der Waals surface area contributed by atoms with Crippen LogP contribution in [-0.4, -0.2) is 13.1 Å². The van der Waals surface area contributed by atoms with E-state index in [9.17, 15) is 0 Å². The van der Waals surface area contributed by atoms with E-state index in [0.717, 1.165) is 25.9 Å². The van der Waals surface area contributed by atoms with Crippen molar-refractivity contribution in [2.75, 3.05) is 13.1 Å². The summed E-state index contributed by atoms with van der Waals surface area (Å²) >= 11 is 0. The lowest BCUT2D eigenvalue weighted by Gasteiger charge is -2.31. The van der Waals surface area contributed by atoms with Crippen molar-refractivity contribution in [3.8, 4) is 0 Å². The topological polar surface area (TPSA) is 12.0 Å². The molecule has 1 N–H and O–H groups in total. The molecule has 0 aliphatic carbocycles. The van der Waals surface area contributed by atoms with E-state index in [-0.39, 0.29) is 5.41 Å². The number of nitrogens with one attached hydrogen (secondary N) is 1. The molecule has 56 valence electrons. The van der Waals surface area contributed by atoms with Crippen LogP contribution in [0, 0.1) is 5.41 Å². The second kappa shape index (κ2) is 3.02. The van der Waals surface area contributed by atoms with Crippen molar-refractivity contribution in [1.29, 1.82) is 0 Å². The van der Waals surface area contributed by atoms with Gasteiger partial charge in [-0.3, -0.25) is 0 Å². The Labute approximate surface area is 62.8 Å². The number of allylic oxidation sites excluding steroid dienone is 2. The van der Waals surface area contributed by atoms with E-state index < -0.39 is 0 Å². The van der Waals surface area contributed by atoms with Crippen LogP contribution >= 0.6 is 0 Å². The van der Waals surface area contributed by atoms with Gasteiger partial charge in [0.25, 0.3) is 0 Å². The van der Waals surface area contributed by atoms with Gasteiger partial charge in [0.05, 0.1) is 0 Å². The van der Waals surface area contributed by atoms with E-state index in [1.54, 1.807) is 0 Å². The molecule has 1 heteroatoms. The van der Waals surface area contributed by atoms with Gasteiger partial charge in [-0.05, 0) is 25.9 Å². The fourth-order valence-corrected chi connectivity index (χ4v) is 1.38. The summed E-state index contributed by atoms with van der Waals surface area (Å²) in [5.74, 6) is 0. The Balaban J connectivity index is 2.60. The second-order valence-corrected chi connectivity index (χ2v) is 2.89. The molecule has 0 amide bonds. The lowest BCUT2D eigenvalue weighted by molar-refractivity contribution is 0.344. The molecule has 0 bridgehead atoms. The third-order valence-electron chi connectivity index (χ3n) is 2.35. The molecule has 1 aliphatic heterocycles. The van der Waals surface area contributed by atoms with Crippen molar-refractivity contribution in [2.45, 2.75) is 12.8 Å². The first-order valence-electron chi connectivity index (χ1n) is 3.81. The average Bonchev–Trinajstić information content (AvgIpc) is 2.06. The first-order chi connectivity index (χ1) is 4.83. The molecule has 1 nitrogen and oxygen atoms in total. The van der Waals surface area contributed by atoms with Gasteiger partial charge in [-0.2, -0.15) is 0 Å². The zero-order chi connectivity index (χ0) is 7.45. The van der Waals surface area contributed by atoms with Crippen molar-refractivity contribution >= 4 is 0 Å². The molecule has 0 unspecified atom stereocenters. The maximum Gasteiger partial charge on any atom is 0.00798 e. The van der Waals surface area contributed by atoms with E-state index in [0.29, 0.717) is 0 Å². The molecule has 10 heavy (non-hydrogen) atoms. The minimum Gasteiger partial charge on any atom is -0.317 e. The predicted octanol–water partition coefficient (Wildman–Crippen LogP) is 1.73. The van der Waals surface area contributed by atoms with Gasteiger partial charge in [0.15, 0.2) is 0 Å². The van der Waals surface area contributed by atoms with Crippen LogP contribution in [0.5, 0.6) is 0 Å². The first kappa shape index (κ1) is 7.55. The molecule has 0 spiro atoms. The first-order valence-corrected chi connectivity index (χ1v) is 3.81. The van der Waals surface area contributed by atoms with Gasteiger partial charge < -0.3 is 5.32 Å². The Bertz CT molecular complexity index is 122. The Morgan fingerprint density at radius 2 is 1.60 bits per heavy atom. The van der Waals surface area contributed by atoms with Crippen LogP contribution in [0.25, 0.3) is 0 Å². The smallest absolute Gasteiger partial charge is 0.00798 e. The van der Waals surface area contributed by atoms with Gasteiger partial charge in [-0.1, -0.05) is 12.2 Å². The number of hydrogen-bond donors (Lipinski definition) is 1.